The Morgan fingerprint density at radius 1 is 1.19 bits per heavy atom. The third kappa shape index (κ3) is 3.19. The Labute approximate surface area is 152 Å². The summed E-state index contributed by atoms with van der Waals surface area (Å²) in [6.07, 6.45) is 1.56. The van der Waals surface area contributed by atoms with Crippen molar-refractivity contribution in [3.8, 4) is 11.5 Å². The summed E-state index contributed by atoms with van der Waals surface area (Å²) < 4.78 is 39.4. The number of hydrogen-bond donors (Lipinski definition) is 0. The fourth-order valence-corrected chi connectivity index (χ4v) is 4.81. The van der Waals surface area contributed by atoms with Gasteiger partial charge >= 0.3 is 0 Å². The van der Waals surface area contributed by atoms with Gasteiger partial charge in [0, 0.05) is 19.2 Å². The number of nitrogens with zero attached hydrogens (tertiary/aromatic N) is 4. The molecule has 0 bridgehead atoms. The van der Waals surface area contributed by atoms with E-state index in [1.54, 1.807) is 43.0 Å². The highest BCUT2D eigenvalue weighted by Crippen LogP contribution is 2.25. The van der Waals surface area contributed by atoms with Crippen LogP contribution in [0.25, 0.3) is 11.5 Å². The average Bonchev–Trinajstić information content (AvgIpc) is 3.30. The summed E-state index contributed by atoms with van der Waals surface area (Å²) in [6, 6.07) is 5.30. The summed E-state index contributed by atoms with van der Waals surface area (Å²) in [5, 5.41) is 8.42. The van der Waals surface area contributed by atoms with Crippen molar-refractivity contribution in [2.75, 3.05) is 13.1 Å². The Bertz CT molecular complexity index is 982. The van der Waals surface area contributed by atoms with Gasteiger partial charge in [-0.2, -0.15) is 9.40 Å². The van der Waals surface area contributed by atoms with Gasteiger partial charge < -0.3 is 8.94 Å². The SMILES string of the molecule is CCN(CC)S(=O)(=O)c1c(C)nn(Cc2cc(-c3ccco3)on2)c1C. The van der Waals surface area contributed by atoms with Gasteiger partial charge in [-0.3, -0.25) is 4.68 Å². The minimum absolute atomic E-state index is 0.260. The van der Waals surface area contributed by atoms with E-state index >= 15 is 0 Å². The molecule has 3 aromatic rings. The zero-order valence-corrected chi connectivity index (χ0v) is 16.1. The van der Waals surface area contributed by atoms with Crippen LogP contribution in [0.1, 0.15) is 30.9 Å². The first-order valence-electron chi connectivity index (χ1n) is 8.42. The quantitative estimate of drug-likeness (QED) is 0.627. The largest absolute Gasteiger partial charge is 0.461 e. The molecule has 0 aromatic carbocycles. The van der Waals surface area contributed by atoms with E-state index in [1.807, 2.05) is 13.8 Å². The van der Waals surface area contributed by atoms with Gasteiger partial charge in [0.15, 0.2) is 5.76 Å². The van der Waals surface area contributed by atoms with Gasteiger partial charge in [-0.15, -0.1) is 0 Å². The number of furan rings is 1. The lowest BCUT2D eigenvalue weighted by Gasteiger charge is -2.18. The van der Waals surface area contributed by atoms with Crippen LogP contribution in [0.3, 0.4) is 0 Å². The number of aromatic nitrogens is 3. The average molecular weight is 378 g/mol. The molecule has 0 N–H and O–H groups in total. The van der Waals surface area contributed by atoms with Gasteiger partial charge in [-0.1, -0.05) is 19.0 Å². The maximum atomic E-state index is 12.9. The molecule has 0 spiro atoms. The van der Waals surface area contributed by atoms with Gasteiger partial charge in [-0.25, -0.2) is 8.42 Å². The molecule has 140 valence electrons. The molecule has 3 heterocycles. The monoisotopic (exact) mass is 378 g/mol. The van der Waals surface area contributed by atoms with E-state index in [0.717, 1.165) is 0 Å². The van der Waals surface area contributed by atoms with Gasteiger partial charge in [0.2, 0.25) is 15.8 Å². The second kappa shape index (κ2) is 7.08. The molecular formula is C17H22N4O4S. The van der Waals surface area contributed by atoms with Crippen molar-refractivity contribution in [1.29, 1.82) is 0 Å². The molecule has 0 aliphatic carbocycles. The van der Waals surface area contributed by atoms with Crippen molar-refractivity contribution in [2.24, 2.45) is 0 Å². The third-order valence-electron chi connectivity index (χ3n) is 4.25. The molecule has 0 saturated carbocycles. The maximum Gasteiger partial charge on any atom is 0.246 e. The molecule has 3 rings (SSSR count). The van der Waals surface area contributed by atoms with Crippen LogP contribution in [0.2, 0.25) is 0 Å². The van der Waals surface area contributed by atoms with Crippen LogP contribution in [-0.4, -0.2) is 40.7 Å². The molecular weight excluding hydrogens is 356 g/mol. The molecule has 9 heteroatoms. The van der Waals surface area contributed by atoms with E-state index in [9.17, 15) is 8.42 Å². The lowest BCUT2D eigenvalue weighted by Crippen LogP contribution is -2.31. The van der Waals surface area contributed by atoms with Crippen LogP contribution in [-0.2, 0) is 16.6 Å². The molecule has 0 aliphatic heterocycles. The normalized spacial score (nSPS) is 12.2. The summed E-state index contributed by atoms with van der Waals surface area (Å²) >= 11 is 0. The number of aryl methyl sites for hydroxylation is 1. The Hall–Kier alpha value is -2.39. The number of hydrogen-bond acceptors (Lipinski definition) is 6. The van der Waals surface area contributed by atoms with Crippen molar-refractivity contribution in [3.63, 3.8) is 0 Å². The second-order valence-corrected chi connectivity index (χ2v) is 7.78. The van der Waals surface area contributed by atoms with Crippen LogP contribution in [0.5, 0.6) is 0 Å². The molecule has 0 aliphatic rings. The van der Waals surface area contributed by atoms with Gasteiger partial charge in [-0.05, 0) is 26.0 Å². The minimum Gasteiger partial charge on any atom is -0.461 e. The Morgan fingerprint density at radius 3 is 2.54 bits per heavy atom. The van der Waals surface area contributed by atoms with Crippen LogP contribution in [0, 0.1) is 13.8 Å². The molecule has 0 fully saturated rings. The standard InChI is InChI=1S/C17H22N4O4S/c1-5-20(6-2)26(22,23)17-12(3)18-21(13(17)4)11-14-10-16(25-19-14)15-8-7-9-24-15/h7-10H,5-6,11H2,1-4H3. The predicted octanol–water partition coefficient (Wildman–Crippen LogP) is 2.83. The topological polar surface area (TPSA) is 94.4 Å². The first-order valence-corrected chi connectivity index (χ1v) is 9.86. The van der Waals surface area contributed by atoms with Crippen LogP contribution >= 0.6 is 0 Å². The molecule has 0 amide bonds. The van der Waals surface area contributed by atoms with E-state index in [2.05, 4.69) is 10.3 Å². The van der Waals surface area contributed by atoms with E-state index in [1.165, 1.54) is 4.31 Å². The van der Waals surface area contributed by atoms with E-state index in [-0.39, 0.29) is 4.90 Å². The van der Waals surface area contributed by atoms with E-state index in [0.29, 0.717) is 48.2 Å². The van der Waals surface area contributed by atoms with Gasteiger partial charge in [0.25, 0.3) is 0 Å². The van der Waals surface area contributed by atoms with Crippen LogP contribution in [0.15, 0.2) is 38.3 Å². The molecule has 0 saturated heterocycles. The highest BCUT2D eigenvalue weighted by Gasteiger charge is 2.29. The van der Waals surface area contributed by atoms with Crippen molar-refractivity contribution < 1.29 is 17.4 Å². The lowest BCUT2D eigenvalue weighted by atomic mass is 10.3. The fourth-order valence-electron chi connectivity index (χ4n) is 2.98. The van der Waals surface area contributed by atoms with E-state index in [4.69, 9.17) is 8.94 Å². The summed E-state index contributed by atoms with van der Waals surface area (Å²) in [6.45, 7) is 8.24. The van der Waals surface area contributed by atoms with Crippen molar-refractivity contribution >= 4 is 10.0 Å². The highest BCUT2D eigenvalue weighted by atomic mass is 32.2. The zero-order valence-electron chi connectivity index (χ0n) is 15.3. The van der Waals surface area contributed by atoms with Crippen LogP contribution < -0.4 is 0 Å². The van der Waals surface area contributed by atoms with Crippen molar-refractivity contribution in [3.05, 3.63) is 41.5 Å². The van der Waals surface area contributed by atoms with Crippen LogP contribution in [0.4, 0.5) is 0 Å². The predicted molar refractivity (Wildman–Crippen MR) is 95.1 cm³/mol. The Balaban J connectivity index is 1.91. The summed E-state index contributed by atoms with van der Waals surface area (Å²) in [4.78, 5) is 0.260. The number of sulfonamides is 1. The molecule has 3 aromatic heterocycles. The molecule has 0 atom stereocenters. The smallest absolute Gasteiger partial charge is 0.246 e. The first kappa shape index (κ1) is 18.4. The van der Waals surface area contributed by atoms with Crippen molar-refractivity contribution in [2.45, 2.75) is 39.1 Å². The van der Waals surface area contributed by atoms with Gasteiger partial charge in [0.05, 0.1) is 24.2 Å². The molecule has 26 heavy (non-hydrogen) atoms. The zero-order chi connectivity index (χ0) is 18.9. The fraction of sp³-hybridized carbons (Fsp3) is 0.412. The molecule has 0 radical (unpaired) electrons. The Kier molecular flexibility index (Phi) is 5.01. The second-order valence-electron chi connectivity index (χ2n) is 5.91. The number of rotatable bonds is 7. The maximum absolute atomic E-state index is 12.9. The summed E-state index contributed by atoms with van der Waals surface area (Å²) in [7, 11) is -3.57. The minimum atomic E-state index is -3.57. The molecule has 8 nitrogen and oxygen atoms in total. The molecule has 0 unspecified atom stereocenters. The van der Waals surface area contributed by atoms with E-state index < -0.39 is 10.0 Å². The summed E-state index contributed by atoms with van der Waals surface area (Å²) in [5.41, 5.74) is 1.69. The Morgan fingerprint density at radius 2 is 1.92 bits per heavy atom. The van der Waals surface area contributed by atoms with Crippen molar-refractivity contribution in [1.82, 2.24) is 19.2 Å². The highest BCUT2D eigenvalue weighted by molar-refractivity contribution is 7.89. The van der Waals surface area contributed by atoms with Gasteiger partial charge in [0.1, 0.15) is 10.6 Å². The summed E-state index contributed by atoms with van der Waals surface area (Å²) in [5.74, 6) is 1.10. The first-order chi connectivity index (χ1) is 12.4. The third-order valence-corrected chi connectivity index (χ3v) is 6.56. The lowest BCUT2D eigenvalue weighted by molar-refractivity contribution is 0.407.